The molecule has 8 nitrogen and oxygen atoms in total. The fourth-order valence-corrected chi connectivity index (χ4v) is 6.64. The molecule has 1 fully saturated rings. The molecule has 0 radical (unpaired) electrons. The summed E-state index contributed by atoms with van der Waals surface area (Å²) in [5, 5.41) is 18.8. The number of fused-ring (bicyclic) bond motifs is 2. The van der Waals surface area contributed by atoms with Gasteiger partial charge in [-0.25, -0.2) is 9.18 Å². The number of methoxy groups -OCH3 is 1. The Morgan fingerprint density at radius 1 is 1.12 bits per heavy atom. The van der Waals surface area contributed by atoms with Gasteiger partial charge in [0.2, 0.25) is 11.8 Å². The molecule has 0 aliphatic carbocycles. The van der Waals surface area contributed by atoms with Crippen molar-refractivity contribution in [1.82, 2.24) is 5.32 Å². The molecule has 2 aliphatic rings. The van der Waals surface area contributed by atoms with Crippen LogP contribution in [-0.2, 0) is 15.0 Å². The molecule has 4 N–H and O–H groups in total. The molecule has 11 heteroatoms. The standard InChI is InChI=1S/C31H30Cl2FN3O5/c1-30(2,3)14-23-31(18-10-9-16(32)13-21(18)36-29(31)41)24(17-6-5-7-19(33)25(17)34)26(37-23)27(38)35-20-11-8-15(28(39)40)12-22(20)42-4/h5-13,23-24,26,37H,14H2,1-4H3,(H,35,38)(H,36,41)(H,39,40)/t23-,24-,26+,31?/m0/s1. The molecule has 3 aromatic carbocycles. The highest BCUT2D eigenvalue weighted by Gasteiger charge is 2.66. The van der Waals surface area contributed by atoms with Crippen molar-refractivity contribution in [3.63, 3.8) is 0 Å². The maximum absolute atomic E-state index is 15.9. The monoisotopic (exact) mass is 613 g/mol. The zero-order valence-electron chi connectivity index (χ0n) is 23.3. The van der Waals surface area contributed by atoms with E-state index >= 15 is 4.39 Å². The first kappa shape index (κ1) is 29.8. The lowest BCUT2D eigenvalue weighted by Gasteiger charge is -2.37. The summed E-state index contributed by atoms with van der Waals surface area (Å²) >= 11 is 12.5. The Morgan fingerprint density at radius 2 is 1.86 bits per heavy atom. The maximum atomic E-state index is 15.9. The molecule has 220 valence electrons. The van der Waals surface area contributed by atoms with Gasteiger partial charge in [0.1, 0.15) is 17.0 Å². The van der Waals surface area contributed by atoms with Gasteiger partial charge in [-0.2, -0.15) is 0 Å². The molecule has 2 heterocycles. The maximum Gasteiger partial charge on any atom is 0.335 e. The molecule has 2 amide bonds. The fourth-order valence-electron chi connectivity index (χ4n) is 6.29. The molecule has 5 rings (SSSR count). The van der Waals surface area contributed by atoms with Gasteiger partial charge in [-0.05, 0) is 59.4 Å². The molecule has 0 saturated carbocycles. The summed E-state index contributed by atoms with van der Waals surface area (Å²) in [7, 11) is 1.36. The highest BCUT2D eigenvalue weighted by molar-refractivity contribution is 6.31. The van der Waals surface area contributed by atoms with Crippen LogP contribution in [0.15, 0.2) is 54.6 Å². The molecule has 2 aliphatic heterocycles. The summed E-state index contributed by atoms with van der Waals surface area (Å²) < 4.78 is 21.3. The van der Waals surface area contributed by atoms with Crippen molar-refractivity contribution in [3.05, 3.63) is 87.2 Å². The molecule has 42 heavy (non-hydrogen) atoms. The molecular formula is C31H30Cl2FN3O5. The van der Waals surface area contributed by atoms with Crippen molar-refractivity contribution in [2.75, 3.05) is 17.7 Å². The number of nitrogens with one attached hydrogen (secondary N) is 3. The number of benzene rings is 3. The van der Waals surface area contributed by atoms with E-state index in [1.165, 1.54) is 31.4 Å². The lowest BCUT2D eigenvalue weighted by Crippen LogP contribution is -2.49. The zero-order valence-corrected chi connectivity index (χ0v) is 24.9. The van der Waals surface area contributed by atoms with Crippen LogP contribution in [0.3, 0.4) is 0 Å². The van der Waals surface area contributed by atoms with Gasteiger partial charge in [0.15, 0.2) is 0 Å². The van der Waals surface area contributed by atoms with E-state index in [1.54, 1.807) is 30.3 Å². The van der Waals surface area contributed by atoms with Crippen LogP contribution in [0.1, 0.15) is 54.6 Å². The first-order valence-electron chi connectivity index (χ1n) is 13.3. The van der Waals surface area contributed by atoms with Crippen molar-refractivity contribution < 1.29 is 28.6 Å². The Hall–Kier alpha value is -3.66. The van der Waals surface area contributed by atoms with E-state index in [9.17, 15) is 19.5 Å². The van der Waals surface area contributed by atoms with Crippen LogP contribution in [0, 0.1) is 11.2 Å². The van der Waals surface area contributed by atoms with Gasteiger partial charge in [0.25, 0.3) is 0 Å². The number of rotatable bonds is 6. The van der Waals surface area contributed by atoms with Crippen LogP contribution >= 0.6 is 23.2 Å². The predicted octanol–water partition coefficient (Wildman–Crippen LogP) is 6.23. The van der Waals surface area contributed by atoms with Gasteiger partial charge in [-0.15, -0.1) is 0 Å². The molecule has 4 atom stereocenters. The van der Waals surface area contributed by atoms with Gasteiger partial charge < -0.3 is 25.8 Å². The van der Waals surface area contributed by atoms with Crippen LogP contribution in [0.25, 0.3) is 0 Å². The second kappa shape index (κ2) is 10.9. The topological polar surface area (TPSA) is 117 Å². The van der Waals surface area contributed by atoms with Crippen LogP contribution in [0.2, 0.25) is 10.0 Å². The number of aromatic carboxylic acids is 1. The summed E-state index contributed by atoms with van der Waals surface area (Å²) in [5.74, 6) is -3.73. The third-order valence-corrected chi connectivity index (χ3v) is 8.45. The summed E-state index contributed by atoms with van der Waals surface area (Å²) in [6, 6.07) is 11.9. The molecule has 1 spiro atoms. The van der Waals surface area contributed by atoms with E-state index < -0.39 is 41.1 Å². The number of carbonyl (C=O) groups excluding carboxylic acids is 2. The van der Waals surface area contributed by atoms with E-state index in [1.807, 2.05) is 20.8 Å². The first-order valence-corrected chi connectivity index (χ1v) is 14.1. The van der Waals surface area contributed by atoms with Gasteiger partial charge in [-0.1, -0.05) is 62.2 Å². The average molecular weight is 615 g/mol. The number of halogens is 3. The number of anilines is 2. The summed E-state index contributed by atoms with van der Waals surface area (Å²) in [6.45, 7) is 6.07. The van der Waals surface area contributed by atoms with Crippen molar-refractivity contribution >= 4 is 52.4 Å². The number of carbonyl (C=O) groups is 3. The number of hydrogen-bond acceptors (Lipinski definition) is 5. The van der Waals surface area contributed by atoms with Crippen LogP contribution in [0.5, 0.6) is 5.75 Å². The SMILES string of the molecule is COc1cc(C(=O)O)ccc1NC(=O)[C@@H]1N[C@@H](CC(C)(C)C)C2(C(=O)Nc3cc(Cl)ccc32)[C@H]1c1cccc(Cl)c1F. The molecule has 0 aromatic heterocycles. The predicted molar refractivity (Wildman–Crippen MR) is 159 cm³/mol. The van der Waals surface area contributed by atoms with Crippen molar-refractivity contribution in [3.8, 4) is 5.75 Å². The van der Waals surface area contributed by atoms with E-state index in [0.717, 1.165) is 0 Å². The van der Waals surface area contributed by atoms with Crippen molar-refractivity contribution in [1.29, 1.82) is 0 Å². The highest BCUT2D eigenvalue weighted by Crippen LogP contribution is 2.57. The normalized spacial score (nSPS) is 23.0. The average Bonchev–Trinajstić information content (AvgIpc) is 3.39. The van der Waals surface area contributed by atoms with E-state index in [4.69, 9.17) is 27.9 Å². The minimum atomic E-state index is -1.40. The van der Waals surface area contributed by atoms with E-state index in [2.05, 4.69) is 16.0 Å². The molecule has 0 bridgehead atoms. The minimum absolute atomic E-state index is 0.0233. The van der Waals surface area contributed by atoms with Gasteiger partial charge >= 0.3 is 5.97 Å². The zero-order chi connectivity index (χ0) is 30.6. The second-order valence-electron chi connectivity index (χ2n) is 11.8. The Morgan fingerprint density at radius 3 is 2.52 bits per heavy atom. The molecular weight excluding hydrogens is 584 g/mol. The Bertz CT molecular complexity index is 1610. The number of carboxylic acid groups (broad SMARTS) is 1. The number of amides is 2. The molecule has 1 saturated heterocycles. The summed E-state index contributed by atoms with van der Waals surface area (Å²) in [5.41, 5.74) is -0.301. The molecule has 1 unspecified atom stereocenters. The van der Waals surface area contributed by atoms with Crippen molar-refractivity contribution in [2.45, 2.75) is 50.6 Å². The van der Waals surface area contributed by atoms with Crippen molar-refractivity contribution in [2.24, 2.45) is 5.41 Å². The van der Waals surface area contributed by atoms with Gasteiger partial charge in [0.05, 0.1) is 29.4 Å². The third-order valence-electron chi connectivity index (χ3n) is 7.93. The lowest BCUT2D eigenvalue weighted by molar-refractivity contribution is -0.122. The Labute approximate surface area is 252 Å². The van der Waals surface area contributed by atoms with E-state index in [-0.39, 0.29) is 38.9 Å². The third kappa shape index (κ3) is 4.99. The second-order valence-corrected chi connectivity index (χ2v) is 12.6. The van der Waals surface area contributed by atoms with Crippen LogP contribution < -0.4 is 20.7 Å². The molecule has 3 aromatic rings. The summed E-state index contributed by atoms with van der Waals surface area (Å²) in [4.78, 5) is 39.8. The number of carboxylic acids is 1. The van der Waals surface area contributed by atoms with Gasteiger partial charge in [0, 0.05) is 22.7 Å². The Kier molecular flexibility index (Phi) is 7.72. The number of hydrogen-bond donors (Lipinski definition) is 4. The van der Waals surface area contributed by atoms with E-state index in [0.29, 0.717) is 22.7 Å². The minimum Gasteiger partial charge on any atom is -0.495 e. The first-order chi connectivity index (χ1) is 19.8. The smallest absolute Gasteiger partial charge is 0.335 e. The number of ether oxygens (including phenoxy) is 1. The quantitative estimate of drug-likeness (QED) is 0.262. The summed E-state index contributed by atoms with van der Waals surface area (Å²) in [6.07, 6.45) is 0.460. The van der Waals surface area contributed by atoms with Crippen LogP contribution in [0.4, 0.5) is 15.8 Å². The Balaban J connectivity index is 1.70. The van der Waals surface area contributed by atoms with Crippen LogP contribution in [-0.4, -0.2) is 42.1 Å². The van der Waals surface area contributed by atoms with Gasteiger partial charge in [-0.3, -0.25) is 9.59 Å². The largest absolute Gasteiger partial charge is 0.495 e. The lowest BCUT2D eigenvalue weighted by atomic mass is 9.62. The fraction of sp³-hybridized carbons (Fsp3) is 0.323. The highest BCUT2D eigenvalue weighted by atomic mass is 35.5.